The van der Waals surface area contributed by atoms with E-state index in [-0.39, 0.29) is 18.1 Å². The molecule has 0 unspecified atom stereocenters. The zero-order chi connectivity index (χ0) is 21.6. The molecule has 3 aromatic rings. The topological polar surface area (TPSA) is 104 Å². The first kappa shape index (κ1) is 20.5. The summed E-state index contributed by atoms with van der Waals surface area (Å²) in [6.07, 6.45) is 0.818. The maximum Gasteiger partial charge on any atom is 0.273 e. The monoisotopic (exact) mass is 420 g/mol. The van der Waals surface area contributed by atoms with Gasteiger partial charge in [0.1, 0.15) is 0 Å². The van der Waals surface area contributed by atoms with Crippen LogP contribution in [0.3, 0.4) is 0 Å². The van der Waals surface area contributed by atoms with E-state index in [1.54, 1.807) is 11.0 Å². The molecule has 9 nitrogen and oxygen atoms in total. The van der Waals surface area contributed by atoms with Crippen LogP contribution in [-0.4, -0.2) is 64.8 Å². The van der Waals surface area contributed by atoms with Crippen molar-refractivity contribution in [3.63, 3.8) is 0 Å². The highest BCUT2D eigenvalue weighted by Crippen LogP contribution is 2.19. The van der Waals surface area contributed by atoms with Crippen LogP contribution >= 0.6 is 0 Å². The molecule has 3 heterocycles. The van der Waals surface area contributed by atoms with Crippen molar-refractivity contribution in [2.75, 3.05) is 37.6 Å². The summed E-state index contributed by atoms with van der Waals surface area (Å²) in [6, 6.07) is 14.8. The SMILES string of the molecule is Cc1ccc(N2CCCN(C(=O)CNC(=O)c3cc(-c4ccccc4)on3)CC2)nn1. The highest BCUT2D eigenvalue weighted by atomic mass is 16.5. The number of amides is 2. The number of nitrogens with one attached hydrogen (secondary N) is 1. The lowest BCUT2D eigenvalue weighted by atomic mass is 10.1. The first-order valence-electron chi connectivity index (χ1n) is 10.2. The summed E-state index contributed by atoms with van der Waals surface area (Å²) in [5, 5.41) is 14.8. The van der Waals surface area contributed by atoms with E-state index < -0.39 is 5.91 Å². The maximum atomic E-state index is 12.6. The molecule has 1 aliphatic heterocycles. The minimum Gasteiger partial charge on any atom is -0.355 e. The van der Waals surface area contributed by atoms with E-state index in [2.05, 4.69) is 25.6 Å². The van der Waals surface area contributed by atoms with Crippen molar-refractivity contribution >= 4 is 17.6 Å². The zero-order valence-electron chi connectivity index (χ0n) is 17.3. The number of aryl methyl sites for hydroxylation is 1. The number of anilines is 1. The van der Waals surface area contributed by atoms with E-state index in [9.17, 15) is 9.59 Å². The first-order valence-corrected chi connectivity index (χ1v) is 10.2. The number of nitrogens with zero attached hydrogens (tertiary/aromatic N) is 5. The second-order valence-corrected chi connectivity index (χ2v) is 7.38. The largest absolute Gasteiger partial charge is 0.355 e. The van der Waals surface area contributed by atoms with Crippen LogP contribution < -0.4 is 10.2 Å². The Morgan fingerprint density at radius 1 is 1.03 bits per heavy atom. The van der Waals surface area contributed by atoms with Crippen molar-refractivity contribution in [3.05, 3.63) is 59.9 Å². The molecule has 0 atom stereocenters. The Morgan fingerprint density at radius 3 is 2.65 bits per heavy atom. The summed E-state index contributed by atoms with van der Waals surface area (Å²) in [7, 11) is 0. The van der Waals surface area contributed by atoms with Gasteiger partial charge in [0, 0.05) is 37.8 Å². The summed E-state index contributed by atoms with van der Waals surface area (Å²) >= 11 is 0. The van der Waals surface area contributed by atoms with Gasteiger partial charge < -0.3 is 19.6 Å². The normalized spacial score (nSPS) is 14.2. The molecule has 0 bridgehead atoms. The zero-order valence-corrected chi connectivity index (χ0v) is 17.3. The molecule has 4 rings (SSSR count). The van der Waals surface area contributed by atoms with Crippen LogP contribution in [0.4, 0.5) is 5.82 Å². The van der Waals surface area contributed by atoms with Gasteiger partial charge in [-0.05, 0) is 25.5 Å². The minimum absolute atomic E-state index is 0.0866. The fraction of sp³-hybridized carbons (Fsp3) is 0.318. The van der Waals surface area contributed by atoms with Crippen molar-refractivity contribution in [1.82, 2.24) is 25.6 Å². The standard InChI is InChI=1S/C22H24N6O3/c1-16-8-9-20(25-24-16)27-10-5-11-28(13-12-27)21(29)15-23-22(30)18-14-19(31-26-18)17-6-3-2-4-7-17/h2-4,6-9,14H,5,10-13,15H2,1H3,(H,23,30). The average molecular weight is 420 g/mol. The lowest BCUT2D eigenvalue weighted by Gasteiger charge is -2.22. The van der Waals surface area contributed by atoms with Gasteiger partial charge in [0.05, 0.1) is 12.2 Å². The van der Waals surface area contributed by atoms with Gasteiger partial charge in [-0.15, -0.1) is 5.10 Å². The number of carbonyl (C=O) groups is 2. The van der Waals surface area contributed by atoms with Gasteiger partial charge in [0.15, 0.2) is 17.3 Å². The summed E-state index contributed by atoms with van der Waals surface area (Å²) in [5.74, 6) is 0.750. The number of carbonyl (C=O) groups excluding carboxylic acids is 2. The summed E-state index contributed by atoms with van der Waals surface area (Å²) in [6.45, 7) is 4.47. The van der Waals surface area contributed by atoms with Crippen LogP contribution in [0.2, 0.25) is 0 Å². The third kappa shape index (κ3) is 5.06. The Morgan fingerprint density at radius 2 is 1.87 bits per heavy atom. The van der Waals surface area contributed by atoms with Gasteiger partial charge in [-0.2, -0.15) is 5.10 Å². The molecule has 0 aliphatic carbocycles. The van der Waals surface area contributed by atoms with Crippen LogP contribution in [0.15, 0.2) is 53.1 Å². The minimum atomic E-state index is -0.439. The van der Waals surface area contributed by atoms with E-state index in [1.807, 2.05) is 49.4 Å². The molecular weight excluding hydrogens is 396 g/mol. The van der Waals surface area contributed by atoms with E-state index in [4.69, 9.17) is 4.52 Å². The molecule has 1 N–H and O–H groups in total. The molecular formula is C22H24N6O3. The Balaban J connectivity index is 1.29. The van der Waals surface area contributed by atoms with Gasteiger partial charge in [-0.1, -0.05) is 35.5 Å². The molecule has 0 saturated carbocycles. The van der Waals surface area contributed by atoms with Gasteiger partial charge in [-0.25, -0.2) is 0 Å². The van der Waals surface area contributed by atoms with Crippen molar-refractivity contribution in [1.29, 1.82) is 0 Å². The van der Waals surface area contributed by atoms with Gasteiger partial charge in [0.25, 0.3) is 5.91 Å². The lowest BCUT2D eigenvalue weighted by Crippen LogP contribution is -2.42. The Labute approximate surface area is 180 Å². The van der Waals surface area contributed by atoms with Crippen LogP contribution in [-0.2, 0) is 4.79 Å². The van der Waals surface area contributed by atoms with E-state index in [0.29, 0.717) is 25.4 Å². The van der Waals surface area contributed by atoms with Gasteiger partial charge in [-0.3, -0.25) is 9.59 Å². The molecule has 0 spiro atoms. The summed E-state index contributed by atoms with van der Waals surface area (Å²) < 4.78 is 5.25. The summed E-state index contributed by atoms with van der Waals surface area (Å²) in [5.41, 5.74) is 1.85. The number of benzene rings is 1. The van der Waals surface area contributed by atoms with Crippen LogP contribution in [0.5, 0.6) is 0 Å². The predicted molar refractivity (Wildman–Crippen MR) is 114 cm³/mol. The smallest absolute Gasteiger partial charge is 0.273 e. The molecule has 31 heavy (non-hydrogen) atoms. The van der Waals surface area contributed by atoms with Crippen molar-refractivity contribution in [3.8, 4) is 11.3 Å². The number of hydrogen-bond acceptors (Lipinski definition) is 7. The van der Waals surface area contributed by atoms with Gasteiger partial charge >= 0.3 is 0 Å². The van der Waals surface area contributed by atoms with Crippen LogP contribution in [0, 0.1) is 6.92 Å². The Kier molecular flexibility index (Phi) is 6.21. The molecule has 1 aromatic carbocycles. The quantitative estimate of drug-likeness (QED) is 0.672. The summed E-state index contributed by atoms with van der Waals surface area (Å²) in [4.78, 5) is 28.9. The predicted octanol–water partition coefficient (Wildman–Crippen LogP) is 1.91. The molecule has 1 saturated heterocycles. The van der Waals surface area contributed by atoms with E-state index in [1.165, 1.54) is 0 Å². The van der Waals surface area contributed by atoms with Crippen molar-refractivity contribution < 1.29 is 14.1 Å². The second kappa shape index (κ2) is 9.38. The molecule has 0 radical (unpaired) electrons. The fourth-order valence-corrected chi connectivity index (χ4v) is 3.44. The first-order chi connectivity index (χ1) is 15.1. The number of aromatic nitrogens is 3. The number of hydrogen-bond donors (Lipinski definition) is 1. The molecule has 1 aliphatic rings. The molecule has 2 amide bonds. The number of rotatable bonds is 5. The third-order valence-corrected chi connectivity index (χ3v) is 5.16. The van der Waals surface area contributed by atoms with E-state index >= 15 is 0 Å². The van der Waals surface area contributed by atoms with Crippen LogP contribution in [0.25, 0.3) is 11.3 Å². The molecule has 1 fully saturated rings. The second-order valence-electron chi connectivity index (χ2n) is 7.38. The van der Waals surface area contributed by atoms with Crippen LogP contribution in [0.1, 0.15) is 22.6 Å². The fourth-order valence-electron chi connectivity index (χ4n) is 3.44. The lowest BCUT2D eigenvalue weighted by molar-refractivity contribution is -0.129. The molecule has 9 heteroatoms. The third-order valence-electron chi connectivity index (χ3n) is 5.16. The highest BCUT2D eigenvalue weighted by molar-refractivity contribution is 5.95. The molecule has 160 valence electrons. The Bertz CT molecular complexity index is 1030. The van der Waals surface area contributed by atoms with Gasteiger partial charge in [0.2, 0.25) is 5.91 Å². The van der Waals surface area contributed by atoms with Crippen molar-refractivity contribution in [2.45, 2.75) is 13.3 Å². The average Bonchev–Trinajstić information content (AvgIpc) is 3.17. The van der Waals surface area contributed by atoms with E-state index in [0.717, 1.165) is 30.0 Å². The highest BCUT2D eigenvalue weighted by Gasteiger charge is 2.21. The Hall–Kier alpha value is -3.75. The van der Waals surface area contributed by atoms with Crippen molar-refractivity contribution in [2.24, 2.45) is 0 Å². The maximum absolute atomic E-state index is 12.6. The molecule has 2 aromatic heterocycles.